The summed E-state index contributed by atoms with van der Waals surface area (Å²) in [6, 6.07) is 0. The molecule has 0 aromatic heterocycles. The second-order valence-electron chi connectivity index (χ2n) is 7.22. The molecule has 0 aliphatic carbocycles. The Labute approximate surface area is 152 Å². The number of ether oxygens (including phenoxy) is 3. The molecule has 3 atom stereocenters. The fourth-order valence-corrected chi connectivity index (χ4v) is 3.23. The van der Waals surface area contributed by atoms with Crippen molar-refractivity contribution in [2.75, 3.05) is 33.6 Å². The summed E-state index contributed by atoms with van der Waals surface area (Å²) in [6.45, 7) is 15.5. The predicted octanol–water partition coefficient (Wildman–Crippen LogP) is 5.63. The molecule has 0 aliphatic rings. The Morgan fingerprint density at radius 1 is 1.21 bits per heavy atom. The minimum atomic E-state index is 0.0736. The van der Waals surface area contributed by atoms with Gasteiger partial charge in [0.2, 0.25) is 0 Å². The zero-order valence-electron chi connectivity index (χ0n) is 17.1. The monoisotopic (exact) mass is 360 g/mol. The Balaban J connectivity index is 4.83. The van der Waals surface area contributed by atoms with Crippen molar-refractivity contribution in [3.05, 3.63) is 11.8 Å². The molecule has 0 heterocycles. The predicted molar refractivity (Wildman–Crippen MR) is 108 cm³/mol. The largest absolute Gasteiger partial charge is 0.492 e. The van der Waals surface area contributed by atoms with Crippen molar-refractivity contribution in [1.29, 1.82) is 0 Å². The summed E-state index contributed by atoms with van der Waals surface area (Å²) in [6.07, 6.45) is 8.38. The first-order chi connectivity index (χ1) is 11.4. The summed E-state index contributed by atoms with van der Waals surface area (Å²) < 4.78 is 17.0. The third-order valence-corrected chi connectivity index (χ3v) is 5.92. The number of unbranched alkanes of at least 4 members (excludes halogenated alkanes) is 2. The summed E-state index contributed by atoms with van der Waals surface area (Å²) in [4.78, 5) is 0. The molecule has 0 amide bonds. The smallest absolute Gasteiger partial charge is 0.119 e. The fourth-order valence-electron chi connectivity index (χ4n) is 2.43. The van der Waals surface area contributed by atoms with E-state index in [0.29, 0.717) is 19.8 Å². The van der Waals surface area contributed by atoms with Crippen LogP contribution in [-0.2, 0) is 14.2 Å². The average molecular weight is 361 g/mol. The summed E-state index contributed by atoms with van der Waals surface area (Å²) in [5.74, 6) is 1.91. The standard InChI is InChI=1S/C20H41O3P/c1-8-9-10-11-19(20(5,24-7)13-12-17(2)3)23-18(4)16-22-15-14-21-6/h11,17-18,24H,8-10,12-16H2,1-7H3/b19-11-. The van der Waals surface area contributed by atoms with Crippen LogP contribution >= 0.6 is 8.58 Å². The molecule has 0 rings (SSSR count). The molecule has 144 valence electrons. The maximum atomic E-state index is 6.37. The SMILES string of the molecule is CCCC/C=C(\OC(C)COCCOC)C(C)(CCC(C)C)PC. The van der Waals surface area contributed by atoms with E-state index in [4.69, 9.17) is 14.2 Å². The minimum absolute atomic E-state index is 0.0736. The molecule has 0 aromatic rings. The molecule has 0 saturated carbocycles. The number of rotatable bonds is 15. The van der Waals surface area contributed by atoms with Gasteiger partial charge < -0.3 is 14.2 Å². The minimum Gasteiger partial charge on any atom is -0.492 e. The summed E-state index contributed by atoms with van der Waals surface area (Å²) >= 11 is 0. The summed E-state index contributed by atoms with van der Waals surface area (Å²) in [7, 11) is 2.54. The molecule has 24 heavy (non-hydrogen) atoms. The molecule has 3 nitrogen and oxygen atoms in total. The maximum absolute atomic E-state index is 6.37. The highest BCUT2D eigenvalue weighted by atomic mass is 31.1. The van der Waals surface area contributed by atoms with E-state index in [1.807, 2.05) is 0 Å². The normalized spacial score (nSPS) is 16.8. The molecule has 0 saturated heterocycles. The molecule has 0 bridgehead atoms. The van der Waals surface area contributed by atoms with Crippen LogP contribution < -0.4 is 0 Å². The van der Waals surface area contributed by atoms with Crippen molar-refractivity contribution < 1.29 is 14.2 Å². The van der Waals surface area contributed by atoms with Gasteiger partial charge in [-0.1, -0.05) is 27.2 Å². The van der Waals surface area contributed by atoms with E-state index in [-0.39, 0.29) is 11.3 Å². The van der Waals surface area contributed by atoms with Gasteiger partial charge in [0.1, 0.15) is 11.9 Å². The zero-order chi connectivity index (χ0) is 18.4. The highest BCUT2D eigenvalue weighted by Crippen LogP contribution is 2.42. The molecule has 0 spiro atoms. The molecule has 4 heteroatoms. The van der Waals surface area contributed by atoms with Crippen LogP contribution in [0.1, 0.15) is 66.7 Å². The van der Waals surface area contributed by atoms with E-state index in [2.05, 4.69) is 47.4 Å². The van der Waals surface area contributed by atoms with Crippen LogP contribution in [0.4, 0.5) is 0 Å². The lowest BCUT2D eigenvalue weighted by molar-refractivity contribution is 0.000914. The Hall–Kier alpha value is -0.110. The lowest BCUT2D eigenvalue weighted by atomic mass is 9.95. The van der Waals surface area contributed by atoms with E-state index < -0.39 is 0 Å². The Morgan fingerprint density at radius 2 is 1.92 bits per heavy atom. The van der Waals surface area contributed by atoms with Crippen molar-refractivity contribution in [1.82, 2.24) is 0 Å². The molecule has 0 aliphatic heterocycles. The Kier molecular flexibility index (Phi) is 14.0. The van der Waals surface area contributed by atoms with Gasteiger partial charge in [0.15, 0.2) is 0 Å². The second kappa shape index (κ2) is 14.1. The lowest BCUT2D eigenvalue weighted by Crippen LogP contribution is -2.28. The maximum Gasteiger partial charge on any atom is 0.119 e. The van der Waals surface area contributed by atoms with Crippen molar-refractivity contribution >= 4 is 8.58 Å². The quantitative estimate of drug-likeness (QED) is 0.215. The van der Waals surface area contributed by atoms with Crippen molar-refractivity contribution in [2.45, 2.75) is 78.0 Å². The van der Waals surface area contributed by atoms with E-state index in [0.717, 1.165) is 20.9 Å². The van der Waals surface area contributed by atoms with E-state index >= 15 is 0 Å². The fraction of sp³-hybridized carbons (Fsp3) is 0.900. The second-order valence-corrected chi connectivity index (χ2v) is 8.82. The highest BCUT2D eigenvalue weighted by molar-refractivity contribution is 7.39. The van der Waals surface area contributed by atoms with Gasteiger partial charge in [-0.05, 0) is 58.2 Å². The van der Waals surface area contributed by atoms with Crippen LogP contribution in [0.3, 0.4) is 0 Å². The third kappa shape index (κ3) is 10.7. The van der Waals surface area contributed by atoms with Gasteiger partial charge in [0, 0.05) is 12.3 Å². The first kappa shape index (κ1) is 23.9. The first-order valence-electron chi connectivity index (χ1n) is 9.52. The molecule has 0 N–H and O–H groups in total. The number of methoxy groups -OCH3 is 1. The number of hydrogen-bond donors (Lipinski definition) is 0. The van der Waals surface area contributed by atoms with Gasteiger partial charge in [0.05, 0.1) is 19.8 Å². The van der Waals surface area contributed by atoms with Crippen LogP contribution in [0, 0.1) is 5.92 Å². The number of allylic oxidation sites excluding steroid dienone is 2. The third-order valence-electron chi connectivity index (χ3n) is 4.32. The first-order valence-corrected chi connectivity index (χ1v) is 11.0. The molecule has 0 fully saturated rings. The molecule has 3 unspecified atom stereocenters. The van der Waals surface area contributed by atoms with E-state index in [1.165, 1.54) is 31.4 Å². The Bertz CT molecular complexity index is 331. The van der Waals surface area contributed by atoms with Gasteiger partial charge in [0.25, 0.3) is 0 Å². The van der Waals surface area contributed by atoms with Crippen molar-refractivity contribution in [3.8, 4) is 0 Å². The van der Waals surface area contributed by atoms with Gasteiger partial charge >= 0.3 is 0 Å². The highest BCUT2D eigenvalue weighted by Gasteiger charge is 2.30. The topological polar surface area (TPSA) is 27.7 Å². The number of hydrogen-bond acceptors (Lipinski definition) is 3. The van der Waals surface area contributed by atoms with Crippen LogP contribution in [0.25, 0.3) is 0 Å². The van der Waals surface area contributed by atoms with Gasteiger partial charge in [-0.25, -0.2) is 0 Å². The molecule has 0 radical (unpaired) electrons. The van der Waals surface area contributed by atoms with Crippen molar-refractivity contribution in [2.24, 2.45) is 5.92 Å². The summed E-state index contributed by atoms with van der Waals surface area (Å²) in [5, 5.41) is 0.152. The van der Waals surface area contributed by atoms with Crippen LogP contribution in [0.2, 0.25) is 0 Å². The molecular formula is C20H41O3P. The van der Waals surface area contributed by atoms with Gasteiger partial charge in [-0.3, -0.25) is 0 Å². The molecule has 0 aromatic carbocycles. The van der Waals surface area contributed by atoms with E-state index in [9.17, 15) is 0 Å². The average Bonchev–Trinajstić information content (AvgIpc) is 2.56. The van der Waals surface area contributed by atoms with Crippen LogP contribution in [0.15, 0.2) is 11.8 Å². The van der Waals surface area contributed by atoms with Crippen molar-refractivity contribution in [3.63, 3.8) is 0 Å². The Morgan fingerprint density at radius 3 is 2.46 bits per heavy atom. The lowest BCUT2D eigenvalue weighted by Gasteiger charge is -2.34. The van der Waals surface area contributed by atoms with E-state index in [1.54, 1.807) is 7.11 Å². The van der Waals surface area contributed by atoms with Gasteiger partial charge in [-0.15, -0.1) is 8.58 Å². The van der Waals surface area contributed by atoms with Gasteiger partial charge in [-0.2, -0.15) is 0 Å². The van der Waals surface area contributed by atoms with Crippen LogP contribution in [0.5, 0.6) is 0 Å². The van der Waals surface area contributed by atoms with Crippen LogP contribution in [-0.4, -0.2) is 44.9 Å². The zero-order valence-corrected chi connectivity index (χ0v) is 18.1. The molecular weight excluding hydrogens is 319 g/mol. The summed E-state index contributed by atoms with van der Waals surface area (Å²) in [5.41, 5.74) is 0.